The maximum atomic E-state index is 12.4. The maximum Gasteiger partial charge on any atom is 0.306 e. The second kappa shape index (κ2) is 75.0. The van der Waals surface area contributed by atoms with E-state index in [0.29, 0.717) is 12.8 Å². The number of unbranched alkanes of at least 4 members (excludes halogenated alkanes) is 34. The van der Waals surface area contributed by atoms with E-state index in [2.05, 4.69) is 160 Å². The highest BCUT2D eigenvalue weighted by atomic mass is 16.6. The van der Waals surface area contributed by atoms with Crippen molar-refractivity contribution >= 4 is 11.9 Å². The lowest BCUT2D eigenvalue weighted by Crippen LogP contribution is -2.28. The average Bonchev–Trinajstić information content (AvgIpc) is 3.55. The van der Waals surface area contributed by atoms with E-state index < -0.39 is 6.10 Å². The molecule has 1 N–H and O–H groups in total. The number of carbonyl (C=O) groups excluding carboxylic acids is 2. The zero-order valence-electron chi connectivity index (χ0n) is 56.3. The van der Waals surface area contributed by atoms with Gasteiger partial charge in [0.1, 0.15) is 6.61 Å². The third-order valence-electron chi connectivity index (χ3n) is 15.6. The van der Waals surface area contributed by atoms with Crippen LogP contribution in [-0.2, 0) is 19.1 Å². The van der Waals surface area contributed by atoms with Crippen LogP contribution in [0.5, 0.6) is 0 Å². The zero-order chi connectivity index (χ0) is 61.9. The topological polar surface area (TPSA) is 72.8 Å². The lowest BCUT2D eigenvalue weighted by Gasteiger charge is -2.15. The van der Waals surface area contributed by atoms with E-state index in [1.807, 2.05) is 0 Å². The molecule has 0 saturated heterocycles. The van der Waals surface area contributed by atoms with Crippen molar-refractivity contribution < 1.29 is 24.2 Å². The third-order valence-corrected chi connectivity index (χ3v) is 15.6. The summed E-state index contributed by atoms with van der Waals surface area (Å²) in [4.78, 5) is 24.7. The van der Waals surface area contributed by atoms with E-state index in [0.717, 1.165) is 116 Å². The quantitative estimate of drug-likeness (QED) is 0.0373. The van der Waals surface area contributed by atoms with Crippen molar-refractivity contribution in [3.63, 3.8) is 0 Å². The number of aliphatic hydroxyl groups is 1. The van der Waals surface area contributed by atoms with Gasteiger partial charge in [0.2, 0.25) is 0 Å². The molecule has 0 heterocycles. The Hall–Kier alpha value is -4.22. The van der Waals surface area contributed by atoms with Crippen LogP contribution in [0.3, 0.4) is 0 Å². The fourth-order valence-corrected chi connectivity index (χ4v) is 10.3. The van der Waals surface area contributed by atoms with Crippen LogP contribution in [0.2, 0.25) is 0 Å². The van der Waals surface area contributed by atoms with Gasteiger partial charge in [0, 0.05) is 12.8 Å². The summed E-state index contributed by atoms with van der Waals surface area (Å²) in [5, 5.41) is 9.72. The molecule has 0 aromatic rings. The van der Waals surface area contributed by atoms with E-state index in [1.54, 1.807) is 0 Å². The van der Waals surface area contributed by atoms with Gasteiger partial charge in [-0.25, -0.2) is 0 Å². The molecule has 0 aliphatic rings. The predicted octanol–water partition coefficient (Wildman–Crippen LogP) is 25.7. The molecule has 1 unspecified atom stereocenters. The SMILES string of the molecule is CC/C=C\C/C=C\C/C=C\C/C=C\C/C=C\C/C=C\CCCCCCCCCCCCCCCCCCCCCCC(=O)OC(CO)COC(=O)CCCCCCCCCCCCCCCC/C=C\C/C=C\C/C=C\C/C=C\C/C=C\C/C=C\CC. The van der Waals surface area contributed by atoms with Crippen LogP contribution in [0, 0.1) is 0 Å². The van der Waals surface area contributed by atoms with Gasteiger partial charge in [0.05, 0.1) is 6.61 Å². The fraction of sp³-hybridized carbons (Fsp3) is 0.679. The van der Waals surface area contributed by atoms with Gasteiger partial charge in [-0.2, -0.15) is 0 Å². The molecule has 0 aromatic heterocycles. The van der Waals surface area contributed by atoms with Gasteiger partial charge < -0.3 is 14.6 Å². The lowest BCUT2D eigenvalue weighted by molar-refractivity contribution is -0.161. The Morgan fingerprint density at radius 1 is 0.267 bits per heavy atom. The Kier molecular flexibility index (Phi) is 71.3. The molecular formula is C81H136O5. The molecule has 0 radical (unpaired) electrons. The number of ether oxygens (including phenoxy) is 2. The maximum absolute atomic E-state index is 12.4. The molecule has 490 valence electrons. The molecule has 86 heavy (non-hydrogen) atoms. The summed E-state index contributed by atoms with van der Waals surface area (Å²) < 4.78 is 10.8. The molecule has 0 aliphatic carbocycles. The first-order chi connectivity index (χ1) is 42.6. The molecule has 1 atom stereocenters. The Labute approximate surface area is 533 Å². The largest absolute Gasteiger partial charge is 0.462 e. The minimum Gasteiger partial charge on any atom is -0.462 e. The lowest BCUT2D eigenvalue weighted by atomic mass is 10.0. The fourth-order valence-electron chi connectivity index (χ4n) is 10.3. The highest BCUT2D eigenvalue weighted by Gasteiger charge is 2.16. The van der Waals surface area contributed by atoms with Crippen molar-refractivity contribution in [1.29, 1.82) is 0 Å². The van der Waals surface area contributed by atoms with Crippen LogP contribution in [0.25, 0.3) is 0 Å². The van der Waals surface area contributed by atoms with E-state index in [4.69, 9.17) is 9.47 Å². The van der Waals surface area contributed by atoms with Crippen LogP contribution in [0.4, 0.5) is 0 Å². The van der Waals surface area contributed by atoms with Gasteiger partial charge >= 0.3 is 11.9 Å². The molecule has 0 rings (SSSR count). The van der Waals surface area contributed by atoms with Crippen molar-refractivity contribution in [2.75, 3.05) is 13.2 Å². The van der Waals surface area contributed by atoms with Crippen molar-refractivity contribution in [3.8, 4) is 0 Å². The molecule has 0 aromatic carbocycles. The Bertz CT molecular complexity index is 1780. The Morgan fingerprint density at radius 3 is 0.698 bits per heavy atom. The van der Waals surface area contributed by atoms with Gasteiger partial charge in [0.25, 0.3) is 0 Å². The van der Waals surface area contributed by atoms with Crippen molar-refractivity contribution in [2.45, 2.75) is 341 Å². The van der Waals surface area contributed by atoms with Crippen LogP contribution < -0.4 is 0 Å². The van der Waals surface area contributed by atoms with Crippen LogP contribution in [0.15, 0.2) is 146 Å². The van der Waals surface area contributed by atoms with E-state index >= 15 is 0 Å². The molecule has 0 bridgehead atoms. The highest BCUT2D eigenvalue weighted by Crippen LogP contribution is 2.18. The van der Waals surface area contributed by atoms with Gasteiger partial charge in [-0.3, -0.25) is 9.59 Å². The van der Waals surface area contributed by atoms with Gasteiger partial charge in [-0.05, 0) is 116 Å². The average molecular weight is 1190 g/mol. The summed E-state index contributed by atoms with van der Waals surface area (Å²) >= 11 is 0. The van der Waals surface area contributed by atoms with Crippen LogP contribution in [-0.4, -0.2) is 36.4 Å². The van der Waals surface area contributed by atoms with E-state index in [9.17, 15) is 14.7 Å². The smallest absolute Gasteiger partial charge is 0.306 e. The first kappa shape index (κ1) is 81.8. The van der Waals surface area contributed by atoms with E-state index in [1.165, 1.54) is 193 Å². The first-order valence-electron chi connectivity index (χ1n) is 36.4. The van der Waals surface area contributed by atoms with Gasteiger partial charge in [-0.1, -0.05) is 352 Å². The summed E-state index contributed by atoms with van der Waals surface area (Å²) in [6.45, 7) is 3.94. The summed E-state index contributed by atoms with van der Waals surface area (Å²) in [5.41, 5.74) is 0. The normalized spacial score (nSPS) is 13.1. The number of carbonyl (C=O) groups is 2. The van der Waals surface area contributed by atoms with E-state index in [-0.39, 0.29) is 25.2 Å². The molecule has 0 fully saturated rings. The third kappa shape index (κ3) is 72.3. The molecular weight excluding hydrogens is 1050 g/mol. The standard InChI is InChI=1S/C81H136O5/c1-3-5-7-9-11-13-15-17-19-21-23-25-27-29-31-33-35-37-38-39-40-41-42-44-46-48-50-52-54-56-58-60-62-64-66-68-70-72-74-76-81(84)86-79(77-82)78-85-80(83)75-73-71-69-67-65-63-61-59-57-55-53-51-49-47-45-43-36-34-32-30-28-26-24-22-20-18-16-14-12-10-8-6-4-2/h5-8,11-14,17-20,23-26,29-32,35-37,43,79,82H,3-4,9-10,15-16,21-22,27-28,33-34,38-42,44-78H2,1-2H3/b7-5-,8-6-,13-11-,14-12-,19-17-,20-18-,25-23-,26-24-,31-29-,32-30-,37-35-,43-36-. The summed E-state index contributed by atoms with van der Waals surface area (Å²) in [6, 6.07) is 0. The minimum atomic E-state index is -0.780. The zero-order valence-corrected chi connectivity index (χ0v) is 56.3. The second-order valence-corrected chi connectivity index (χ2v) is 23.9. The van der Waals surface area contributed by atoms with Crippen LogP contribution in [0.1, 0.15) is 335 Å². The molecule has 0 saturated carbocycles. The summed E-state index contributed by atoms with van der Waals surface area (Å²) in [7, 11) is 0. The number of allylic oxidation sites excluding steroid dienone is 24. The first-order valence-corrected chi connectivity index (χ1v) is 36.4. The number of aliphatic hydroxyl groups excluding tert-OH is 1. The molecule has 5 nitrogen and oxygen atoms in total. The van der Waals surface area contributed by atoms with Crippen molar-refractivity contribution in [3.05, 3.63) is 146 Å². The summed E-state index contributed by atoms with van der Waals surface area (Å²) in [6.07, 6.45) is 113. The molecule has 0 aliphatic heterocycles. The second-order valence-electron chi connectivity index (χ2n) is 23.9. The van der Waals surface area contributed by atoms with Gasteiger partial charge in [0.15, 0.2) is 6.10 Å². The number of rotatable bonds is 66. The highest BCUT2D eigenvalue weighted by molar-refractivity contribution is 5.70. The minimum absolute atomic E-state index is 0.0688. The monoisotopic (exact) mass is 1190 g/mol. The van der Waals surface area contributed by atoms with Crippen LogP contribution >= 0.6 is 0 Å². The number of hydrogen-bond donors (Lipinski definition) is 1. The molecule has 0 spiro atoms. The molecule has 0 amide bonds. The number of esters is 2. The summed E-state index contributed by atoms with van der Waals surface area (Å²) in [5.74, 6) is -0.583. The Balaban J connectivity index is 3.46. The molecule has 5 heteroatoms. The van der Waals surface area contributed by atoms with Crippen molar-refractivity contribution in [2.24, 2.45) is 0 Å². The predicted molar refractivity (Wildman–Crippen MR) is 380 cm³/mol. The Morgan fingerprint density at radius 2 is 0.465 bits per heavy atom. The van der Waals surface area contributed by atoms with Crippen molar-refractivity contribution in [1.82, 2.24) is 0 Å². The van der Waals surface area contributed by atoms with Gasteiger partial charge in [-0.15, -0.1) is 0 Å². The number of hydrogen-bond acceptors (Lipinski definition) is 5.